The highest BCUT2D eigenvalue weighted by atomic mass is 16.2. The number of hydrogen-bond acceptors (Lipinski definition) is 2. The Hall–Kier alpha value is -1.88. The second-order valence-electron chi connectivity index (χ2n) is 6.72. The first-order chi connectivity index (χ1) is 10.8. The number of anilines is 1. The molecule has 3 N–H and O–H groups in total. The second kappa shape index (κ2) is 7.59. The number of quaternary nitrogens is 1. The van der Waals surface area contributed by atoms with Gasteiger partial charge in [-0.3, -0.25) is 9.59 Å². The molecule has 0 atom stereocenters. The van der Waals surface area contributed by atoms with Crippen LogP contribution in [0.5, 0.6) is 0 Å². The molecule has 0 bridgehead atoms. The Morgan fingerprint density at radius 1 is 1.13 bits per heavy atom. The van der Waals surface area contributed by atoms with Crippen molar-refractivity contribution in [2.75, 3.05) is 25.0 Å². The molecule has 1 aromatic rings. The van der Waals surface area contributed by atoms with Gasteiger partial charge in [0.05, 0.1) is 13.1 Å². The quantitative estimate of drug-likeness (QED) is 0.766. The molecule has 1 saturated heterocycles. The van der Waals surface area contributed by atoms with E-state index in [0.717, 1.165) is 42.7 Å². The first kappa shape index (κ1) is 17.5. The molecule has 1 aromatic carbocycles. The number of likely N-dealkylation sites (tertiary alicyclic amines) is 1. The molecule has 0 saturated carbocycles. The molecule has 5 heteroatoms. The lowest BCUT2D eigenvalue weighted by Crippen LogP contribution is -3.14. The van der Waals surface area contributed by atoms with Crippen LogP contribution in [0.4, 0.5) is 5.69 Å². The van der Waals surface area contributed by atoms with Crippen LogP contribution in [0.3, 0.4) is 0 Å². The summed E-state index contributed by atoms with van der Waals surface area (Å²) in [4.78, 5) is 24.7. The number of nitrogens with one attached hydrogen (secondary N) is 3. The van der Waals surface area contributed by atoms with E-state index in [1.54, 1.807) is 6.92 Å². The van der Waals surface area contributed by atoms with Crippen molar-refractivity contribution in [2.45, 2.75) is 46.6 Å². The standard InChI is InChI=1S/C18H27N3O2/c1-12-9-13(2)18(14(3)10-12)20-17(23)11-21-7-5-16(6-8-21)19-15(4)22/h9-10,16H,5-8,11H2,1-4H3,(H,19,22)(H,20,23)/p+1. The van der Waals surface area contributed by atoms with E-state index in [1.165, 1.54) is 10.5 Å². The second-order valence-corrected chi connectivity index (χ2v) is 6.72. The van der Waals surface area contributed by atoms with E-state index in [4.69, 9.17) is 0 Å². The first-order valence-corrected chi connectivity index (χ1v) is 8.33. The molecule has 126 valence electrons. The van der Waals surface area contributed by atoms with E-state index in [2.05, 4.69) is 29.7 Å². The van der Waals surface area contributed by atoms with Gasteiger partial charge < -0.3 is 15.5 Å². The number of piperidine rings is 1. The fourth-order valence-corrected chi connectivity index (χ4v) is 3.42. The minimum absolute atomic E-state index is 0.0292. The highest BCUT2D eigenvalue weighted by Crippen LogP contribution is 2.21. The van der Waals surface area contributed by atoms with Crippen molar-refractivity contribution in [1.29, 1.82) is 0 Å². The summed E-state index contributed by atoms with van der Waals surface area (Å²) < 4.78 is 0. The van der Waals surface area contributed by atoms with Gasteiger partial charge in [-0.25, -0.2) is 0 Å². The minimum atomic E-state index is 0.0292. The molecule has 5 nitrogen and oxygen atoms in total. The zero-order valence-corrected chi connectivity index (χ0v) is 14.6. The Morgan fingerprint density at radius 3 is 2.22 bits per heavy atom. The molecule has 2 rings (SSSR count). The van der Waals surface area contributed by atoms with E-state index >= 15 is 0 Å². The van der Waals surface area contributed by atoms with Crippen molar-refractivity contribution in [1.82, 2.24) is 5.32 Å². The van der Waals surface area contributed by atoms with Crippen LogP contribution in [0.25, 0.3) is 0 Å². The Kier molecular flexibility index (Phi) is 5.77. The summed E-state index contributed by atoms with van der Waals surface area (Å²) in [5.41, 5.74) is 4.36. The van der Waals surface area contributed by atoms with Crippen LogP contribution in [0.1, 0.15) is 36.5 Å². The number of hydrogen-bond donors (Lipinski definition) is 3. The third-order valence-electron chi connectivity index (χ3n) is 4.45. The molecule has 2 amide bonds. The third kappa shape index (κ3) is 5.06. The van der Waals surface area contributed by atoms with E-state index < -0.39 is 0 Å². The van der Waals surface area contributed by atoms with Gasteiger partial charge in [0.2, 0.25) is 5.91 Å². The molecule has 0 aromatic heterocycles. The van der Waals surface area contributed by atoms with E-state index in [0.29, 0.717) is 6.54 Å². The number of benzene rings is 1. The van der Waals surface area contributed by atoms with Crippen LogP contribution >= 0.6 is 0 Å². The van der Waals surface area contributed by atoms with Crippen molar-refractivity contribution in [3.8, 4) is 0 Å². The molecule has 1 fully saturated rings. The fourth-order valence-electron chi connectivity index (χ4n) is 3.42. The van der Waals surface area contributed by atoms with Crippen LogP contribution in [0, 0.1) is 20.8 Å². The lowest BCUT2D eigenvalue weighted by Gasteiger charge is -2.29. The highest BCUT2D eigenvalue weighted by Gasteiger charge is 2.24. The van der Waals surface area contributed by atoms with Crippen molar-refractivity contribution in [3.63, 3.8) is 0 Å². The van der Waals surface area contributed by atoms with Crippen LogP contribution in [0.2, 0.25) is 0 Å². The summed E-state index contributed by atoms with van der Waals surface area (Å²) in [6.07, 6.45) is 1.87. The molecule has 0 unspecified atom stereocenters. The van der Waals surface area contributed by atoms with Crippen LogP contribution in [0.15, 0.2) is 12.1 Å². The largest absolute Gasteiger partial charge is 0.353 e. The van der Waals surface area contributed by atoms with Gasteiger partial charge in [0.15, 0.2) is 6.54 Å². The fraction of sp³-hybridized carbons (Fsp3) is 0.556. The molecule has 1 aliphatic heterocycles. The number of carbonyl (C=O) groups excluding carboxylic acids is 2. The number of aryl methyl sites for hydroxylation is 3. The van der Waals surface area contributed by atoms with Gasteiger partial charge in [-0.05, 0) is 31.9 Å². The summed E-state index contributed by atoms with van der Waals surface area (Å²) in [6, 6.07) is 4.45. The summed E-state index contributed by atoms with van der Waals surface area (Å²) in [6.45, 7) is 10.0. The molecule has 0 aliphatic carbocycles. The Morgan fingerprint density at radius 2 is 1.70 bits per heavy atom. The summed E-state index contributed by atoms with van der Waals surface area (Å²) in [7, 11) is 0. The number of amides is 2. The maximum absolute atomic E-state index is 12.3. The van der Waals surface area contributed by atoms with Gasteiger partial charge in [-0.1, -0.05) is 17.7 Å². The summed E-state index contributed by atoms with van der Waals surface area (Å²) >= 11 is 0. The van der Waals surface area contributed by atoms with Gasteiger partial charge in [-0.15, -0.1) is 0 Å². The average Bonchev–Trinajstić information content (AvgIpc) is 2.44. The molecular formula is C18H28N3O2+. The SMILES string of the molecule is CC(=O)NC1CC[NH+](CC(=O)Nc2c(C)cc(C)cc2C)CC1. The molecule has 1 heterocycles. The summed E-state index contributed by atoms with van der Waals surface area (Å²) in [5, 5.41) is 6.03. The van der Waals surface area contributed by atoms with Gasteiger partial charge in [0, 0.05) is 31.5 Å². The zero-order chi connectivity index (χ0) is 17.0. The topological polar surface area (TPSA) is 62.6 Å². The van der Waals surface area contributed by atoms with E-state index in [-0.39, 0.29) is 17.9 Å². The van der Waals surface area contributed by atoms with Crippen LogP contribution in [-0.2, 0) is 9.59 Å². The van der Waals surface area contributed by atoms with Crippen molar-refractivity contribution in [2.24, 2.45) is 0 Å². The summed E-state index contributed by atoms with van der Waals surface area (Å²) in [5.74, 6) is 0.0922. The third-order valence-corrected chi connectivity index (χ3v) is 4.45. The Balaban J connectivity index is 1.86. The number of rotatable bonds is 4. The normalized spacial score (nSPS) is 20.9. The first-order valence-electron chi connectivity index (χ1n) is 8.33. The monoisotopic (exact) mass is 318 g/mol. The Labute approximate surface area is 138 Å². The maximum Gasteiger partial charge on any atom is 0.279 e. The minimum Gasteiger partial charge on any atom is -0.353 e. The maximum atomic E-state index is 12.3. The lowest BCUT2D eigenvalue weighted by molar-refractivity contribution is -0.897. The molecular weight excluding hydrogens is 290 g/mol. The number of carbonyl (C=O) groups is 2. The zero-order valence-electron chi connectivity index (χ0n) is 14.6. The van der Waals surface area contributed by atoms with Crippen molar-refractivity contribution in [3.05, 3.63) is 28.8 Å². The molecule has 1 aliphatic rings. The smallest absolute Gasteiger partial charge is 0.279 e. The Bertz CT molecular complexity index is 567. The highest BCUT2D eigenvalue weighted by molar-refractivity contribution is 5.93. The van der Waals surface area contributed by atoms with Crippen molar-refractivity contribution < 1.29 is 14.5 Å². The molecule has 0 spiro atoms. The van der Waals surface area contributed by atoms with Crippen molar-refractivity contribution >= 4 is 17.5 Å². The van der Waals surface area contributed by atoms with Gasteiger partial charge in [0.25, 0.3) is 5.91 Å². The van der Waals surface area contributed by atoms with Gasteiger partial charge in [0.1, 0.15) is 0 Å². The van der Waals surface area contributed by atoms with E-state index in [1.807, 2.05) is 13.8 Å². The van der Waals surface area contributed by atoms with Crippen LogP contribution in [-0.4, -0.2) is 37.5 Å². The molecule has 23 heavy (non-hydrogen) atoms. The lowest BCUT2D eigenvalue weighted by atomic mass is 10.0. The predicted octanol–water partition coefficient (Wildman–Crippen LogP) is 0.734. The van der Waals surface area contributed by atoms with E-state index in [9.17, 15) is 9.59 Å². The molecule has 0 radical (unpaired) electrons. The van der Waals surface area contributed by atoms with Gasteiger partial charge >= 0.3 is 0 Å². The van der Waals surface area contributed by atoms with Gasteiger partial charge in [-0.2, -0.15) is 0 Å². The predicted molar refractivity (Wildman–Crippen MR) is 91.7 cm³/mol. The average molecular weight is 318 g/mol. The van der Waals surface area contributed by atoms with Crippen LogP contribution < -0.4 is 15.5 Å².